The van der Waals surface area contributed by atoms with Crippen molar-refractivity contribution in [1.29, 1.82) is 0 Å². The normalized spacial score (nSPS) is 13.3. The molecule has 1 aromatic carbocycles. The summed E-state index contributed by atoms with van der Waals surface area (Å²) in [5.41, 5.74) is 2.99. The third kappa shape index (κ3) is 4.69. The van der Waals surface area contributed by atoms with Crippen molar-refractivity contribution in [2.24, 2.45) is 0 Å². The molecule has 0 aliphatic carbocycles. The van der Waals surface area contributed by atoms with Crippen LogP contribution < -0.4 is 5.32 Å². The molecule has 0 saturated heterocycles. The molecule has 0 aliphatic rings. The Morgan fingerprint density at radius 2 is 1.81 bits per heavy atom. The first-order chi connectivity index (χ1) is 10.0. The van der Waals surface area contributed by atoms with Crippen LogP contribution in [0.1, 0.15) is 62.6 Å². The predicted molar refractivity (Wildman–Crippen MR) is 93.9 cm³/mol. The highest BCUT2D eigenvalue weighted by Crippen LogP contribution is 2.25. The van der Waals surface area contributed by atoms with Crippen molar-refractivity contribution in [3.8, 4) is 0 Å². The van der Waals surface area contributed by atoms with Crippen LogP contribution >= 0.6 is 11.3 Å². The molecule has 0 radical (unpaired) electrons. The Hall–Kier alpha value is -1.12. The van der Waals surface area contributed by atoms with E-state index < -0.39 is 0 Å². The van der Waals surface area contributed by atoms with Gasteiger partial charge in [-0.2, -0.15) is 0 Å². The smallest absolute Gasteiger partial charge is 0.0417 e. The summed E-state index contributed by atoms with van der Waals surface area (Å²) in [6.07, 6.45) is 2.40. The molecule has 0 saturated carbocycles. The van der Waals surface area contributed by atoms with Crippen LogP contribution in [-0.4, -0.2) is 0 Å². The third-order valence-corrected chi connectivity index (χ3v) is 4.82. The van der Waals surface area contributed by atoms with Gasteiger partial charge in [0.2, 0.25) is 0 Å². The molecule has 1 unspecified atom stereocenters. The standard InChI is InChI=1S/C19H27NS/c1-5-7-17(18-8-6-13-21-18)20-14-15-9-11-16(12-10-15)19(2,3)4/h6,8-13,17,20H,5,7,14H2,1-4H3. The lowest BCUT2D eigenvalue weighted by Crippen LogP contribution is -2.20. The zero-order valence-electron chi connectivity index (χ0n) is 13.6. The highest BCUT2D eigenvalue weighted by atomic mass is 32.1. The molecule has 1 aromatic heterocycles. The lowest BCUT2D eigenvalue weighted by atomic mass is 9.87. The first-order valence-electron chi connectivity index (χ1n) is 7.87. The van der Waals surface area contributed by atoms with Gasteiger partial charge in [-0.3, -0.25) is 0 Å². The molecule has 2 aromatic rings. The fourth-order valence-electron chi connectivity index (χ4n) is 2.49. The van der Waals surface area contributed by atoms with Gasteiger partial charge in [0.25, 0.3) is 0 Å². The number of hydrogen-bond acceptors (Lipinski definition) is 2. The van der Waals surface area contributed by atoms with Gasteiger partial charge >= 0.3 is 0 Å². The Balaban J connectivity index is 1.98. The molecule has 1 nitrogen and oxygen atoms in total. The summed E-state index contributed by atoms with van der Waals surface area (Å²) in [4.78, 5) is 1.45. The van der Waals surface area contributed by atoms with Crippen molar-refractivity contribution < 1.29 is 0 Å². The number of rotatable bonds is 6. The summed E-state index contributed by atoms with van der Waals surface area (Å²) in [6, 6.07) is 13.9. The molecule has 2 rings (SSSR count). The summed E-state index contributed by atoms with van der Waals surface area (Å²) in [6.45, 7) is 9.96. The van der Waals surface area contributed by atoms with Crippen LogP contribution in [0, 0.1) is 0 Å². The lowest BCUT2D eigenvalue weighted by molar-refractivity contribution is 0.500. The molecule has 2 heteroatoms. The van der Waals surface area contributed by atoms with E-state index in [2.05, 4.69) is 74.8 Å². The Kier molecular flexibility index (Phi) is 5.60. The van der Waals surface area contributed by atoms with E-state index in [9.17, 15) is 0 Å². The van der Waals surface area contributed by atoms with E-state index in [1.54, 1.807) is 0 Å². The second-order valence-electron chi connectivity index (χ2n) is 6.68. The van der Waals surface area contributed by atoms with Crippen LogP contribution in [0.15, 0.2) is 41.8 Å². The second-order valence-corrected chi connectivity index (χ2v) is 7.66. The maximum absolute atomic E-state index is 3.71. The Morgan fingerprint density at radius 1 is 1.10 bits per heavy atom. The minimum atomic E-state index is 0.230. The molecular weight excluding hydrogens is 274 g/mol. The number of hydrogen-bond donors (Lipinski definition) is 1. The summed E-state index contributed by atoms with van der Waals surface area (Å²) < 4.78 is 0. The van der Waals surface area contributed by atoms with E-state index in [4.69, 9.17) is 0 Å². The summed E-state index contributed by atoms with van der Waals surface area (Å²) in [5, 5.41) is 5.87. The average molecular weight is 301 g/mol. The zero-order chi connectivity index (χ0) is 15.3. The van der Waals surface area contributed by atoms with Crippen LogP contribution in [0.4, 0.5) is 0 Å². The average Bonchev–Trinajstić information content (AvgIpc) is 2.97. The highest BCUT2D eigenvalue weighted by molar-refractivity contribution is 7.10. The molecule has 1 heterocycles. The van der Waals surface area contributed by atoms with Crippen molar-refractivity contribution >= 4 is 11.3 Å². The van der Waals surface area contributed by atoms with Crippen molar-refractivity contribution in [2.75, 3.05) is 0 Å². The maximum Gasteiger partial charge on any atom is 0.0417 e. The van der Waals surface area contributed by atoms with E-state index >= 15 is 0 Å². The molecule has 0 spiro atoms. The fourth-order valence-corrected chi connectivity index (χ4v) is 3.32. The van der Waals surface area contributed by atoms with Gasteiger partial charge in [-0.25, -0.2) is 0 Å². The lowest BCUT2D eigenvalue weighted by Gasteiger charge is -2.20. The molecule has 0 fully saturated rings. The highest BCUT2D eigenvalue weighted by Gasteiger charge is 2.14. The monoisotopic (exact) mass is 301 g/mol. The van der Waals surface area contributed by atoms with Crippen molar-refractivity contribution in [3.05, 3.63) is 57.8 Å². The minimum Gasteiger partial charge on any atom is -0.305 e. The van der Waals surface area contributed by atoms with Crippen molar-refractivity contribution in [3.63, 3.8) is 0 Å². The van der Waals surface area contributed by atoms with Crippen molar-refractivity contribution in [2.45, 2.75) is 58.5 Å². The van der Waals surface area contributed by atoms with Crippen LogP contribution in [-0.2, 0) is 12.0 Å². The van der Waals surface area contributed by atoms with Gasteiger partial charge in [-0.1, -0.05) is 64.4 Å². The van der Waals surface area contributed by atoms with Gasteiger partial charge in [0, 0.05) is 17.5 Å². The Morgan fingerprint density at radius 3 is 2.33 bits per heavy atom. The SMILES string of the molecule is CCCC(NCc1ccc(C(C)(C)C)cc1)c1cccs1. The van der Waals surface area contributed by atoms with Crippen LogP contribution in [0.2, 0.25) is 0 Å². The van der Waals surface area contributed by atoms with Crippen LogP contribution in [0.25, 0.3) is 0 Å². The van der Waals surface area contributed by atoms with Gasteiger partial charge in [0.1, 0.15) is 0 Å². The summed E-state index contributed by atoms with van der Waals surface area (Å²) in [7, 11) is 0. The quantitative estimate of drug-likeness (QED) is 0.724. The van der Waals surface area contributed by atoms with Crippen LogP contribution in [0.5, 0.6) is 0 Å². The molecule has 0 aliphatic heterocycles. The fraction of sp³-hybridized carbons (Fsp3) is 0.474. The van der Waals surface area contributed by atoms with Gasteiger partial charge in [0.15, 0.2) is 0 Å². The first-order valence-corrected chi connectivity index (χ1v) is 8.75. The largest absolute Gasteiger partial charge is 0.305 e. The maximum atomic E-state index is 3.71. The van der Waals surface area contributed by atoms with Gasteiger partial charge in [0.05, 0.1) is 0 Å². The van der Waals surface area contributed by atoms with Gasteiger partial charge in [-0.15, -0.1) is 11.3 Å². The molecule has 21 heavy (non-hydrogen) atoms. The van der Waals surface area contributed by atoms with Gasteiger partial charge in [-0.05, 0) is 34.4 Å². The Labute approximate surface area is 133 Å². The van der Waals surface area contributed by atoms with Crippen molar-refractivity contribution in [1.82, 2.24) is 5.32 Å². The number of thiophene rings is 1. The molecule has 114 valence electrons. The Bertz CT molecular complexity index is 520. The third-order valence-electron chi connectivity index (χ3n) is 3.84. The summed E-state index contributed by atoms with van der Waals surface area (Å²) in [5.74, 6) is 0. The number of nitrogens with one attached hydrogen (secondary N) is 1. The molecule has 1 N–H and O–H groups in total. The van der Waals surface area contributed by atoms with E-state index in [-0.39, 0.29) is 5.41 Å². The zero-order valence-corrected chi connectivity index (χ0v) is 14.5. The van der Waals surface area contributed by atoms with E-state index in [1.165, 1.54) is 28.8 Å². The van der Waals surface area contributed by atoms with E-state index in [0.717, 1.165) is 6.54 Å². The predicted octanol–water partition coefficient (Wildman–Crippen LogP) is 5.68. The molecule has 1 atom stereocenters. The molecular formula is C19H27NS. The molecule has 0 bridgehead atoms. The van der Waals surface area contributed by atoms with E-state index in [0.29, 0.717) is 6.04 Å². The van der Waals surface area contributed by atoms with Crippen LogP contribution in [0.3, 0.4) is 0 Å². The van der Waals surface area contributed by atoms with E-state index in [1.807, 2.05) is 11.3 Å². The summed E-state index contributed by atoms with van der Waals surface area (Å²) >= 11 is 1.85. The minimum absolute atomic E-state index is 0.230. The number of benzene rings is 1. The first kappa shape index (κ1) is 16.3. The van der Waals surface area contributed by atoms with Gasteiger partial charge < -0.3 is 5.32 Å². The molecule has 0 amide bonds. The topological polar surface area (TPSA) is 12.0 Å². The second kappa shape index (κ2) is 7.24.